The van der Waals surface area contributed by atoms with Crippen LogP contribution in [0.1, 0.15) is 15.9 Å². The van der Waals surface area contributed by atoms with Crippen molar-refractivity contribution in [2.75, 3.05) is 18.9 Å². The van der Waals surface area contributed by atoms with E-state index in [-0.39, 0.29) is 30.4 Å². The summed E-state index contributed by atoms with van der Waals surface area (Å²) in [5.41, 5.74) is 7.23. The lowest BCUT2D eigenvalue weighted by atomic mass is 10.0. The fourth-order valence-corrected chi connectivity index (χ4v) is 2.83. The fraction of sp³-hybridized carbons (Fsp3) is 0.120. The Labute approximate surface area is 180 Å². The molecule has 0 aromatic heterocycles. The molecule has 0 fully saturated rings. The number of hydrogen-bond donors (Lipinski definition) is 1. The highest BCUT2D eigenvalue weighted by Gasteiger charge is 2.24. The molecule has 0 bridgehead atoms. The van der Waals surface area contributed by atoms with E-state index in [9.17, 15) is 9.59 Å². The molecule has 6 nitrogen and oxygen atoms in total. The van der Waals surface area contributed by atoms with Crippen molar-refractivity contribution >= 4 is 17.4 Å². The van der Waals surface area contributed by atoms with Crippen molar-refractivity contribution in [3.63, 3.8) is 0 Å². The van der Waals surface area contributed by atoms with Crippen LogP contribution in [0.15, 0.2) is 91.5 Å². The summed E-state index contributed by atoms with van der Waals surface area (Å²) in [7, 11) is 0. The van der Waals surface area contributed by atoms with Gasteiger partial charge in [-0.3, -0.25) is 4.79 Å². The summed E-state index contributed by atoms with van der Waals surface area (Å²) in [6.45, 7) is 3.43. The van der Waals surface area contributed by atoms with E-state index in [1.807, 2.05) is 12.1 Å². The maximum absolute atomic E-state index is 12.8. The Morgan fingerprint density at radius 2 is 1.61 bits per heavy atom. The van der Waals surface area contributed by atoms with Gasteiger partial charge < -0.3 is 19.9 Å². The number of anilines is 1. The molecule has 158 valence electrons. The summed E-state index contributed by atoms with van der Waals surface area (Å²) in [5.74, 6) is -0.0440. The summed E-state index contributed by atoms with van der Waals surface area (Å²) in [6.07, 6.45) is 0.435. The second-order valence-electron chi connectivity index (χ2n) is 6.56. The second-order valence-corrected chi connectivity index (χ2v) is 6.56. The molecular weight excluding hydrogens is 394 g/mol. The molecule has 1 unspecified atom stereocenters. The van der Waals surface area contributed by atoms with E-state index in [4.69, 9.17) is 19.9 Å². The molecule has 6 heteroatoms. The maximum Gasteiger partial charge on any atom is 0.351 e. The summed E-state index contributed by atoms with van der Waals surface area (Å²) in [5, 5.41) is 0. The molecule has 0 saturated heterocycles. The molecule has 3 rings (SSSR count). The summed E-state index contributed by atoms with van der Waals surface area (Å²) < 4.78 is 16.6. The Morgan fingerprint density at radius 3 is 2.29 bits per heavy atom. The molecule has 0 spiro atoms. The molecule has 31 heavy (non-hydrogen) atoms. The van der Waals surface area contributed by atoms with Crippen molar-refractivity contribution < 1.29 is 23.8 Å². The monoisotopic (exact) mass is 417 g/mol. The van der Waals surface area contributed by atoms with E-state index < -0.39 is 12.1 Å². The first kappa shape index (κ1) is 21.6. The molecule has 3 aromatic rings. The largest absolute Gasteiger partial charge is 0.487 e. The van der Waals surface area contributed by atoms with Crippen molar-refractivity contribution in [3.8, 4) is 11.5 Å². The summed E-state index contributed by atoms with van der Waals surface area (Å²) >= 11 is 0. The average molecular weight is 417 g/mol. The van der Waals surface area contributed by atoms with Gasteiger partial charge >= 0.3 is 5.97 Å². The number of carbonyl (C=O) groups is 2. The first-order chi connectivity index (χ1) is 15.1. The van der Waals surface area contributed by atoms with Gasteiger partial charge in [-0.05, 0) is 24.3 Å². The van der Waals surface area contributed by atoms with E-state index in [2.05, 4.69) is 6.58 Å². The average Bonchev–Trinajstić information content (AvgIpc) is 2.81. The van der Waals surface area contributed by atoms with Crippen LogP contribution in [-0.4, -0.2) is 31.1 Å². The van der Waals surface area contributed by atoms with Gasteiger partial charge in [0.1, 0.15) is 24.7 Å². The Kier molecular flexibility index (Phi) is 7.43. The number of benzene rings is 3. The fourth-order valence-electron chi connectivity index (χ4n) is 2.83. The number of ketones is 1. The third kappa shape index (κ3) is 5.73. The van der Waals surface area contributed by atoms with Crippen LogP contribution in [0.3, 0.4) is 0 Å². The van der Waals surface area contributed by atoms with Gasteiger partial charge in [0.2, 0.25) is 6.10 Å². The molecule has 0 aliphatic heterocycles. The lowest BCUT2D eigenvalue weighted by Gasteiger charge is -2.19. The number of rotatable bonds is 10. The van der Waals surface area contributed by atoms with Crippen molar-refractivity contribution in [2.24, 2.45) is 0 Å². The summed E-state index contributed by atoms with van der Waals surface area (Å²) in [4.78, 5) is 25.2. The second kappa shape index (κ2) is 10.6. The molecule has 0 saturated carbocycles. The molecule has 2 N–H and O–H groups in total. The van der Waals surface area contributed by atoms with Crippen molar-refractivity contribution in [2.45, 2.75) is 6.10 Å². The maximum atomic E-state index is 12.8. The van der Waals surface area contributed by atoms with E-state index in [0.717, 1.165) is 0 Å². The van der Waals surface area contributed by atoms with Gasteiger partial charge in [0, 0.05) is 11.1 Å². The smallest absolute Gasteiger partial charge is 0.351 e. The minimum Gasteiger partial charge on any atom is -0.487 e. The van der Waals surface area contributed by atoms with Gasteiger partial charge in [-0.2, -0.15) is 0 Å². The quantitative estimate of drug-likeness (QED) is 0.232. The van der Waals surface area contributed by atoms with E-state index in [1.54, 1.807) is 66.7 Å². The van der Waals surface area contributed by atoms with Crippen LogP contribution in [0.2, 0.25) is 0 Å². The Balaban J connectivity index is 1.77. The van der Waals surface area contributed by atoms with Gasteiger partial charge in [-0.1, -0.05) is 67.3 Å². The number of nitrogens with two attached hydrogens (primary N) is 1. The van der Waals surface area contributed by atoms with Crippen LogP contribution in [0.4, 0.5) is 5.69 Å². The van der Waals surface area contributed by atoms with Crippen LogP contribution in [0.5, 0.6) is 11.5 Å². The molecule has 0 aliphatic rings. The predicted molar refractivity (Wildman–Crippen MR) is 118 cm³/mol. The van der Waals surface area contributed by atoms with Crippen molar-refractivity contribution in [3.05, 3.63) is 103 Å². The van der Waals surface area contributed by atoms with Crippen LogP contribution >= 0.6 is 0 Å². The highest BCUT2D eigenvalue weighted by Crippen LogP contribution is 2.27. The Morgan fingerprint density at radius 1 is 0.935 bits per heavy atom. The molecule has 0 heterocycles. The summed E-state index contributed by atoms with van der Waals surface area (Å²) in [6, 6.07) is 22.6. The van der Waals surface area contributed by atoms with Gasteiger partial charge in [0.15, 0.2) is 5.78 Å². The van der Waals surface area contributed by atoms with Gasteiger partial charge in [0.05, 0.1) is 5.69 Å². The third-order valence-corrected chi connectivity index (χ3v) is 4.36. The first-order valence-corrected chi connectivity index (χ1v) is 9.70. The topological polar surface area (TPSA) is 87.9 Å². The minimum atomic E-state index is -1.03. The number of carbonyl (C=O) groups excluding carboxylic acids is 2. The molecule has 0 aliphatic carbocycles. The standard InChI is InChI=1S/C25H23NO5/c1-2-16-29-25(28)22(31-19-12-7-4-8-13-19)17-30-21-15-9-14-20(23(21)26)24(27)18-10-5-3-6-11-18/h2-15,22H,1,16-17,26H2. The molecular formula is C25H23NO5. The first-order valence-electron chi connectivity index (χ1n) is 9.70. The highest BCUT2D eigenvalue weighted by atomic mass is 16.6. The van der Waals surface area contributed by atoms with Gasteiger partial charge in [0.25, 0.3) is 0 Å². The minimum absolute atomic E-state index is 0.0523. The van der Waals surface area contributed by atoms with Crippen molar-refractivity contribution in [1.29, 1.82) is 0 Å². The van der Waals surface area contributed by atoms with Crippen LogP contribution < -0.4 is 15.2 Å². The lowest BCUT2D eigenvalue weighted by Crippen LogP contribution is -2.35. The Hall–Kier alpha value is -4.06. The van der Waals surface area contributed by atoms with Crippen LogP contribution in [0, 0.1) is 0 Å². The molecule has 3 aromatic carbocycles. The van der Waals surface area contributed by atoms with Crippen LogP contribution in [-0.2, 0) is 9.53 Å². The number of para-hydroxylation sites is 2. The zero-order valence-corrected chi connectivity index (χ0v) is 16.9. The number of hydrogen-bond acceptors (Lipinski definition) is 6. The highest BCUT2D eigenvalue weighted by molar-refractivity contribution is 6.12. The molecule has 0 radical (unpaired) electrons. The zero-order valence-electron chi connectivity index (χ0n) is 16.9. The van der Waals surface area contributed by atoms with E-state index >= 15 is 0 Å². The SMILES string of the molecule is C=CCOC(=O)C(COc1cccc(C(=O)c2ccccc2)c1N)Oc1ccccc1. The zero-order chi connectivity index (χ0) is 22.1. The van der Waals surface area contributed by atoms with E-state index in [1.165, 1.54) is 6.08 Å². The predicted octanol–water partition coefficient (Wildman–Crippen LogP) is 4.06. The van der Waals surface area contributed by atoms with Crippen LogP contribution in [0.25, 0.3) is 0 Å². The van der Waals surface area contributed by atoms with Crippen molar-refractivity contribution in [1.82, 2.24) is 0 Å². The molecule has 0 amide bonds. The van der Waals surface area contributed by atoms with Gasteiger partial charge in [-0.15, -0.1) is 0 Å². The molecule has 1 atom stereocenters. The Bertz CT molecular complexity index is 1030. The number of esters is 1. The third-order valence-electron chi connectivity index (χ3n) is 4.36. The lowest BCUT2D eigenvalue weighted by molar-refractivity contribution is -0.152. The normalized spacial score (nSPS) is 11.2. The number of ether oxygens (including phenoxy) is 3. The number of nitrogen functional groups attached to an aromatic ring is 1. The van der Waals surface area contributed by atoms with E-state index in [0.29, 0.717) is 16.9 Å². The van der Waals surface area contributed by atoms with Gasteiger partial charge in [-0.25, -0.2) is 4.79 Å².